The molecule has 1 aromatic carbocycles. The van der Waals surface area contributed by atoms with Gasteiger partial charge in [0.05, 0.1) is 12.7 Å². The summed E-state index contributed by atoms with van der Waals surface area (Å²) in [6.45, 7) is 8.26. The topological polar surface area (TPSA) is 29.5 Å². The van der Waals surface area contributed by atoms with Gasteiger partial charge in [0.1, 0.15) is 5.75 Å². The van der Waals surface area contributed by atoms with Crippen LogP contribution in [0.25, 0.3) is 0 Å². The molecule has 0 saturated carbocycles. The van der Waals surface area contributed by atoms with E-state index < -0.39 is 0 Å². The van der Waals surface area contributed by atoms with E-state index in [4.69, 9.17) is 4.74 Å². The Morgan fingerprint density at radius 1 is 1.29 bits per heavy atom. The molecule has 0 aliphatic rings. The van der Waals surface area contributed by atoms with E-state index in [0.29, 0.717) is 24.4 Å². The molecule has 0 saturated heterocycles. The lowest BCUT2D eigenvalue weighted by atomic mass is 10.1. The number of methoxy groups -OCH3 is 1. The summed E-state index contributed by atoms with van der Waals surface area (Å²) in [4.78, 5) is 13.9. The molecular formula is C14H17NO2. The van der Waals surface area contributed by atoms with E-state index in [1.165, 1.54) is 0 Å². The maximum Gasteiger partial charge on any atom is 0.258 e. The normalized spacial score (nSPS) is 9.47. The second kappa shape index (κ2) is 6.53. The van der Waals surface area contributed by atoms with E-state index in [1.54, 1.807) is 36.3 Å². The molecule has 1 rings (SSSR count). The van der Waals surface area contributed by atoms with E-state index in [9.17, 15) is 4.79 Å². The van der Waals surface area contributed by atoms with Gasteiger partial charge in [0, 0.05) is 13.1 Å². The van der Waals surface area contributed by atoms with Crippen molar-refractivity contribution in [3.05, 3.63) is 55.1 Å². The van der Waals surface area contributed by atoms with Crippen LogP contribution >= 0.6 is 0 Å². The molecule has 1 aromatic rings. The molecule has 0 fully saturated rings. The SMILES string of the molecule is C=CCN(CC=C)C(=O)c1ccccc1OC. The molecule has 1 amide bonds. The van der Waals surface area contributed by atoms with Crippen molar-refractivity contribution < 1.29 is 9.53 Å². The molecule has 0 spiro atoms. The summed E-state index contributed by atoms with van der Waals surface area (Å²) < 4.78 is 5.17. The van der Waals surface area contributed by atoms with Gasteiger partial charge in [0.2, 0.25) is 0 Å². The van der Waals surface area contributed by atoms with Crippen LogP contribution in [0.3, 0.4) is 0 Å². The lowest BCUT2D eigenvalue weighted by molar-refractivity contribution is 0.0787. The van der Waals surface area contributed by atoms with Gasteiger partial charge in [-0.25, -0.2) is 0 Å². The summed E-state index contributed by atoms with van der Waals surface area (Å²) >= 11 is 0. The first-order chi connectivity index (χ1) is 8.24. The summed E-state index contributed by atoms with van der Waals surface area (Å²) in [6, 6.07) is 7.17. The Balaban J connectivity index is 2.99. The van der Waals surface area contributed by atoms with Gasteiger partial charge in [-0.2, -0.15) is 0 Å². The zero-order valence-electron chi connectivity index (χ0n) is 10.1. The fourth-order valence-corrected chi connectivity index (χ4v) is 1.54. The molecule has 17 heavy (non-hydrogen) atoms. The van der Waals surface area contributed by atoms with Crippen LogP contribution in [-0.4, -0.2) is 31.0 Å². The second-order valence-electron chi connectivity index (χ2n) is 3.49. The molecule has 0 heterocycles. The van der Waals surface area contributed by atoms with Crippen molar-refractivity contribution in [2.75, 3.05) is 20.2 Å². The fourth-order valence-electron chi connectivity index (χ4n) is 1.54. The van der Waals surface area contributed by atoms with Crippen molar-refractivity contribution >= 4 is 5.91 Å². The third-order valence-corrected chi connectivity index (χ3v) is 2.32. The van der Waals surface area contributed by atoms with Crippen LogP contribution < -0.4 is 4.74 Å². The molecule has 3 heteroatoms. The van der Waals surface area contributed by atoms with Gasteiger partial charge < -0.3 is 9.64 Å². The minimum absolute atomic E-state index is 0.0812. The molecule has 0 aromatic heterocycles. The van der Waals surface area contributed by atoms with E-state index in [2.05, 4.69) is 13.2 Å². The quantitative estimate of drug-likeness (QED) is 0.704. The van der Waals surface area contributed by atoms with Crippen molar-refractivity contribution in [2.24, 2.45) is 0 Å². The number of benzene rings is 1. The lowest BCUT2D eigenvalue weighted by Crippen LogP contribution is -2.31. The van der Waals surface area contributed by atoms with Crippen LogP contribution in [0.4, 0.5) is 0 Å². The number of hydrogen-bond donors (Lipinski definition) is 0. The van der Waals surface area contributed by atoms with Gasteiger partial charge >= 0.3 is 0 Å². The Labute approximate surface area is 102 Å². The zero-order valence-corrected chi connectivity index (χ0v) is 10.1. The number of amides is 1. The molecule has 0 radical (unpaired) electrons. The van der Waals surface area contributed by atoms with Gasteiger partial charge in [-0.3, -0.25) is 4.79 Å². The molecule has 0 N–H and O–H groups in total. The van der Waals surface area contributed by atoms with Crippen molar-refractivity contribution in [3.63, 3.8) is 0 Å². The Hall–Kier alpha value is -2.03. The zero-order chi connectivity index (χ0) is 12.7. The van der Waals surface area contributed by atoms with E-state index >= 15 is 0 Å². The molecule has 0 bridgehead atoms. The summed E-state index contributed by atoms with van der Waals surface area (Å²) in [5.41, 5.74) is 0.554. The summed E-state index contributed by atoms with van der Waals surface area (Å²) in [5, 5.41) is 0. The maximum absolute atomic E-state index is 12.3. The Morgan fingerprint density at radius 3 is 2.41 bits per heavy atom. The highest BCUT2D eigenvalue weighted by molar-refractivity contribution is 5.97. The predicted molar refractivity (Wildman–Crippen MR) is 69.3 cm³/mol. The lowest BCUT2D eigenvalue weighted by Gasteiger charge is -2.20. The van der Waals surface area contributed by atoms with Gasteiger partial charge in [0.25, 0.3) is 5.91 Å². The molecule has 90 valence electrons. The van der Waals surface area contributed by atoms with Crippen molar-refractivity contribution in [2.45, 2.75) is 0 Å². The number of carbonyl (C=O) groups excluding carboxylic acids is 1. The molecular weight excluding hydrogens is 214 g/mol. The summed E-state index contributed by atoms with van der Waals surface area (Å²) in [6.07, 6.45) is 3.38. The Morgan fingerprint density at radius 2 is 1.88 bits per heavy atom. The largest absolute Gasteiger partial charge is 0.496 e. The number of hydrogen-bond acceptors (Lipinski definition) is 2. The van der Waals surface area contributed by atoms with E-state index in [-0.39, 0.29) is 5.91 Å². The average Bonchev–Trinajstić information content (AvgIpc) is 2.37. The maximum atomic E-state index is 12.3. The van der Waals surface area contributed by atoms with Gasteiger partial charge in [-0.15, -0.1) is 13.2 Å². The van der Waals surface area contributed by atoms with Crippen LogP contribution in [0.5, 0.6) is 5.75 Å². The first-order valence-corrected chi connectivity index (χ1v) is 5.38. The van der Waals surface area contributed by atoms with Crippen molar-refractivity contribution in [1.82, 2.24) is 4.90 Å². The first kappa shape index (κ1) is 13.0. The molecule has 0 atom stereocenters. The fraction of sp³-hybridized carbons (Fsp3) is 0.214. The molecule has 3 nitrogen and oxygen atoms in total. The van der Waals surface area contributed by atoms with Crippen LogP contribution in [0.2, 0.25) is 0 Å². The van der Waals surface area contributed by atoms with E-state index in [1.807, 2.05) is 12.1 Å². The molecule has 0 aliphatic heterocycles. The highest BCUT2D eigenvalue weighted by Crippen LogP contribution is 2.19. The minimum atomic E-state index is -0.0812. The minimum Gasteiger partial charge on any atom is -0.496 e. The van der Waals surface area contributed by atoms with Crippen LogP contribution in [0, 0.1) is 0 Å². The summed E-state index contributed by atoms with van der Waals surface area (Å²) in [5.74, 6) is 0.498. The Bertz CT molecular complexity index is 402. The van der Waals surface area contributed by atoms with Crippen molar-refractivity contribution in [3.8, 4) is 5.75 Å². The van der Waals surface area contributed by atoms with Crippen LogP contribution in [0.15, 0.2) is 49.6 Å². The molecule has 0 unspecified atom stereocenters. The number of ether oxygens (including phenoxy) is 1. The Kier molecular flexibility index (Phi) is 5.01. The van der Waals surface area contributed by atoms with Crippen LogP contribution in [0.1, 0.15) is 10.4 Å². The smallest absolute Gasteiger partial charge is 0.258 e. The standard InChI is InChI=1S/C14H17NO2/c1-4-10-15(11-5-2)14(16)12-8-6-7-9-13(12)17-3/h4-9H,1-2,10-11H2,3H3. The summed E-state index contributed by atoms with van der Waals surface area (Å²) in [7, 11) is 1.55. The monoisotopic (exact) mass is 231 g/mol. The number of rotatable bonds is 6. The van der Waals surface area contributed by atoms with Gasteiger partial charge in [0.15, 0.2) is 0 Å². The number of para-hydroxylation sites is 1. The van der Waals surface area contributed by atoms with Gasteiger partial charge in [-0.05, 0) is 12.1 Å². The second-order valence-corrected chi connectivity index (χ2v) is 3.49. The number of carbonyl (C=O) groups is 1. The van der Waals surface area contributed by atoms with E-state index in [0.717, 1.165) is 0 Å². The third-order valence-electron chi connectivity index (χ3n) is 2.32. The van der Waals surface area contributed by atoms with Gasteiger partial charge in [-0.1, -0.05) is 24.3 Å². The molecule has 0 aliphatic carbocycles. The predicted octanol–water partition coefficient (Wildman–Crippen LogP) is 2.51. The first-order valence-electron chi connectivity index (χ1n) is 5.38. The highest BCUT2D eigenvalue weighted by Gasteiger charge is 2.16. The average molecular weight is 231 g/mol. The van der Waals surface area contributed by atoms with Crippen LogP contribution in [-0.2, 0) is 0 Å². The number of nitrogens with zero attached hydrogens (tertiary/aromatic N) is 1. The highest BCUT2D eigenvalue weighted by atomic mass is 16.5. The van der Waals surface area contributed by atoms with Crippen molar-refractivity contribution in [1.29, 1.82) is 0 Å². The third kappa shape index (κ3) is 3.21.